The minimum absolute atomic E-state index is 0.0148. The number of halogens is 1. The molecule has 1 saturated heterocycles. The Kier molecular flexibility index (Phi) is 4.17. The summed E-state index contributed by atoms with van der Waals surface area (Å²) < 4.78 is 60.3. The smallest absolute Gasteiger partial charge is 0.207 e. The molecule has 8 heteroatoms. The maximum atomic E-state index is 12.8. The number of hydrogen-bond donors (Lipinski definition) is 0. The van der Waals surface area contributed by atoms with Crippen LogP contribution in [0.5, 0.6) is 0 Å². The van der Waals surface area contributed by atoms with Crippen molar-refractivity contribution in [1.82, 2.24) is 4.31 Å². The molecule has 1 heterocycles. The predicted molar refractivity (Wildman–Crippen MR) is 71.9 cm³/mol. The van der Waals surface area contributed by atoms with Crippen LogP contribution in [0.3, 0.4) is 0 Å². The maximum Gasteiger partial charge on any atom is 0.332 e. The van der Waals surface area contributed by atoms with Crippen LogP contribution < -0.4 is 0 Å². The van der Waals surface area contributed by atoms with E-state index in [4.69, 9.17) is 0 Å². The summed E-state index contributed by atoms with van der Waals surface area (Å²) in [6, 6.07) is 4.19. The van der Waals surface area contributed by atoms with E-state index in [-0.39, 0.29) is 4.90 Å². The van der Waals surface area contributed by atoms with E-state index < -0.39 is 25.1 Å². The van der Waals surface area contributed by atoms with E-state index in [1.807, 2.05) is 6.92 Å². The first-order valence-corrected chi connectivity index (χ1v) is 9.08. The molecule has 1 atom stereocenters. The molecule has 112 valence electrons. The Balaban J connectivity index is 2.30. The van der Waals surface area contributed by atoms with Crippen molar-refractivity contribution in [2.45, 2.75) is 29.6 Å². The molecular formula is C12H16FNO4S2. The van der Waals surface area contributed by atoms with Gasteiger partial charge in [0.2, 0.25) is 10.0 Å². The molecule has 0 N–H and O–H groups in total. The Bertz CT molecular complexity index is 683. The van der Waals surface area contributed by atoms with Crippen LogP contribution in [0.1, 0.15) is 19.8 Å². The van der Waals surface area contributed by atoms with Crippen LogP contribution >= 0.6 is 0 Å². The normalized spacial score (nSPS) is 21.8. The molecule has 1 aromatic rings. The van der Waals surface area contributed by atoms with E-state index in [9.17, 15) is 20.7 Å². The first-order valence-electron chi connectivity index (χ1n) is 6.26. The monoisotopic (exact) mass is 321 g/mol. The lowest BCUT2D eigenvalue weighted by Gasteiger charge is -2.30. The summed E-state index contributed by atoms with van der Waals surface area (Å²) >= 11 is 0. The molecule has 20 heavy (non-hydrogen) atoms. The van der Waals surface area contributed by atoms with E-state index in [1.165, 1.54) is 4.31 Å². The van der Waals surface area contributed by atoms with Gasteiger partial charge < -0.3 is 0 Å². The summed E-state index contributed by atoms with van der Waals surface area (Å²) in [5.41, 5.74) is 0. The zero-order valence-corrected chi connectivity index (χ0v) is 12.6. The molecule has 0 saturated carbocycles. The lowest BCUT2D eigenvalue weighted by molar-refractivity contribution is 0.281. The van der Waals surface area contributed by atoms with Crippen LogP contribution in [0, 0.1) is 5.92 Å². The molecule has 1 aliphatic heterocycles. The van der Waals surface area contributed by atoms with Crippen LogP contribution in [0.2, 0.25) is 0 Å². The van der Waals surface area contributed by atoms with Crippen molar-refractivity contribution in [3.8, 4) is 0 Å². The fraction of sp³-hybridized carbons (Fsp3) is 0.500. The van der Waals surface area contributed by atoms with Gasteiger partial charge >= 0.3 is 10.2 Å². The largest absolute Gasteiger partial charge is 0.332 e. The second-order valence-corrected chi connectivity index (χ2v) is 8.30. The number of hydrogen-bond acceptors (Lipinski definition) is 4. The highest BCUT2D eigenvalue weighted by molar-refractivity contribution is 7.89. The average molecular weight is 321 g/mol. The summed E-state index contributed by atoms with van der Waals surface area (Å²) in [6.45, 7) is 2.89. The van der Waals surface area contributed by atoms with Crippen molar-refractivity contribution >= 4 is 20.2 Å². The number of benzene rings is 1. The number of nitrogens with zero attached hydrogens (tertiary/aromatic N) is 1. The predicted octanol–water partition coefficient (Wildman–Crippen LogP) is 1.77. The van der Waals surface area contributed by atoms with E-state index in [2.05, 4.69) is 0 Å². The minimum Gasteiger partial charge on any atom is -0.207 e. The molecular weight excluding hydrogens is 305 g/mol. The summed E-state index contributed by atoms with van der Waals surface area (Å²) in [4.78, 5) is -0.553. The number of rotatable bonds is 3. The van der Waals surface area contributed by atoms with Gasteiger partial charge in [0, 0.05) is 13.1 Å². The van der Waals surface area contributed by atoms with Gasteiger partial charge in [-0.2, -0.15) is 12.7 Å². The number of piperidine rings is 1. The van der Waals surface area contributed by atoms with Crippen LogP contribution in [0.4, 0.5) is 3.89 Å². The SMILES string of the molecule is CC1CCCN(S(=O)(=O)c2ccc(S(=O)(=O)F)cc2)C1. The summed E-state index contributed by atoms with van der Waals surface area (Å²) in [5.74, 6) is 0.295. The van der Waals surface area contributed by atoms with Crippen molar-refractivity contribution < 1.29 is 20.7 Å². The Morgan fingerprint density at radius 1 is 1.10 bits per heavy atom. The standard InChI is InChI=1S/C12H16FNO4S2/c1-10-3-2-8-14(9-10)20(17,18)12-6-4-11(5-7-12)19(13,15)16/h4-7,10H,2-3,8-9H2,1H3. The molecule has 0 amide bonds. The molecule has 5 nitrogen and oxygen atoms in total. The van der Waals surface area contributed by atoms with Gasteiger partial charge in [0.15, 0.2) is 0 Å². The Morgan fingerprint density at radius 2 is 1.65 bits per heavy atom. The van der Waals surface area contributed by atoms with Crippen LogP contribution in [0.25, 0.3) is 0 Å². The van der Waals surface area contributed by atoms with E-state index in [0.717, 1.165) is 37.1 Å². The van der Waals surface area contributed by atoms with Gasteiger partial charge in [-0.1, -0.05) is 6.92 Å². The lowest BCUT2D eigenvalue weighted by atomic mass is 10.0. The zero-order valence-electron chi connectivity index (χ0n) is 11.0. The van der Waals surface area contributed by atoms with E-state index >= 15 is 0 Å². The molecule has 0 radical (unpaired) electrons. The first-order chi connectivity index (χ1) is 9.21. The summed E-state index contributed by atoms with van der Waals surface area (Å²) in [7, 11) is -8.45. The summed E-state index contributed by atoms with van der Waals surface area (Å²) in [5, 5.41) is 0. The van der Waals surface area contributed by atoms with Gasteiger partial charge in [-0.25, -0.2) is 8.42 Å². The highest BCUT2D eigenvalue weighted by atomic mass is 32.3. The van der Waals surface area contributed by atoms with Crippen molar-refractivity contribution in [1.29, 1.82) is 0 Å². The Morgan fingerprint density at radius 3 is 2.15 bits per heavy atom. The topological polar surface area (TPSA) is 71.5 Å². The third-order valence-electron chi connectivity index (χ3n) is 3.36. The molecule has 0 aromatic heterocycles. The fourth-order valence-corrected chi connectivity index (χ4v) is 4.35. The molecule has 2 rings (SSSR count). The maximum absolute atomic E-state index is 12.8. The third kappa shape index (κ3) is 3.18. The molecule has 1 aliphatic rings. The van der Waals surface area contributed by atoms with Crippen LogP contribution in [0.15, 0.2) is 34.1 Å². The molecule has 0 bridgehead atoms. The fourth-order valence-electron chi connectivity index (χ4n) is 2.29. The second-order valence-electron chi connectivity index (χ2n) is 5.02. The van der Waals surface area contributed by atoms with Gasteiger partial charge in [0.05, 0.1) is 9.79 Å². The highest BCUT2D eigenvalue weighted by Crippen LogP contribution is 2.24. The zero-order chi connectivity index (χ0) is 15.0. The Labute approximate surface area is 118 Å². The summed E-state index contributed by atoms with van der Waals surface area (Å²) in [6.07, 6.45) is 1.79. The lowest BCUT2D eigenvalue weighted by Crippen LogP contribution is -2.39. The van der Waals surface area contributed by atoms with Crippen molar-refractivity contribution in [3.63, 3.8) is 0 Å². The second kappa shape index (κ2) is 5.42. The number of sulfonamides is 1. The molecule has 1 unspecified atom stereocenters. The van der Waals surface area contributed by atoms with Crippen molar-refractivity contribution in [2.24, 2.45) is 5.92 Å². The van der Waals surface area contributed by atoms with Gasteiger partial charge in [-0.15, -0.1) is 3.89 Å². The van der Waals surface area contributed by atoms with Gasteiger partial charge in [0.1, 0.15) is 0 Å². The molecule has 1 aromatic carbocycles. The van der Waals surface area contributed by atoms with Gasteiger partial charge in [-0.05, 0) is 43.0 Å². The highest BCUT2D eigenvalue weighted by Gasteiger charge is 2.28. The Hall–Kier alpha value is -0.990. The minimum atomic E-state index is -4.81. The van der Waals surface area contributed by atoms with Crippen LogP contribution in [-0.4, -0.2) is 34.2 Å². The van der Waals surface area contributed by atoms with Gasteiger partial charge in [0.25, 0.3) is 0 Å². The third-order valence-corrected chi connectivity index (χ3v) is 6.08. The molecule has 1 fully saturated rings. The van der Waals surface area contributed by atoms with Crippen LogP contribution in [-0.2, 0) is 20.2 Å². The first kappa shape index (κ1) is 15.4. The van der Waals surface area contributed by atoms with Crippen molar-refractivity contribution in [3.05, 3.63) is 24.3 Å². The van der Waals surface area contributed by atoms with E-state index in [1.54, 1.807) is 0 Å². The van der Waals surface area contributed by atoms with Crippen molar-refractivity contribution in [2.75, 3.05) is 13.1 Å². The molecule has 0 aliphatic carbocycles. The van der Waals surface area contributed by atoms with E-state index in [0.29, 0.717) is 19.0 Å². The van der Waals surface area contributed by atoms with Gasteiger partial charge in [-0.3, -0.25) is 0 Å². The molecule has 0 spiro atoms. The quantitative estimate of drug-likeness (QED) is 0.795. The average Bonchev–Trinajstić information content (AvgIpc) is 2.38.